The van der Waals surface area contributed by atoms with Gasteiger partial charge >= 0.3 is 0 Å². The third kappa shape index (κ3) is 9.39. The van der Waals surface area contributed by atoms with E-state index in [9.17, 15) is 19.2 Å². The third-order valence-electron chi connectivity index (χ3n) is 10.1. The number of benzene rings is 6. The summed E-state index contributed by atoms with van der Waals surface area (Å²) >= 11 is 0. The molecule has 1 aliphatic heterocycles. The van der Waals surface area contributed by atoms with Crippen molar-refractivity contribution in [1.82, 2.24) is 21.3 Å². The van der Waals surface area contributed by atoms with Gasteiger partial charge in [-0.25, -0.2) is 0 Å². The number of carbonyl (C=O) groups excluding carboxylic acids is 4. The first kappa shape index (κ1) is 39.0. The summed E-state index contributed by atoms with van der Waals surface area (Å²) in [5, 5.41) is 12.7. The molecular formula is C49H44N4O5. The van der Waals surface area contributed by atoms with Crippen LogP contribution in [-0.2, 0) is 0 Å². The van der Waals surface area contributed by atoms with Crippen LogP contribution < -0.4 is 26.0 Å². The Morgan fingerprint density at radius 3 is 1.10 bits per heavy atom. The van der Waals surface area contributed by atoms with E-state index in [2.05, 4.69) is 27.8 Å². The Hall–Kier alpha value is -7.26. The van der Waals surface area contributed by atoms with Gasteiger partial charge in [-0.2, -0.15) is 0 Å². The molecule has 7 rings (SSSR count). The summed E-state index contributed by atoms with van der Waals surface area (Å²) in [6, 6.07) is 45.7. The van der Waals surface area contributed by atoms with Crippen molar-refractivity contribution < 1.29 is 23.9 Å². The number of allylic oxidation sites excluding steroid dienone is 1. The molecule has 1 heterocycles. The van der Waals surface area contributed by atoms with Gasteiger partial charge in [0.25, 0.3) is 23.6 Å². The smallest absolute Gasteiger partial charge is 0.252 e. The molecule has 9 heteroatoms. The minimum Gasteiger partial charge on any atom is -0.494 e. The summed E-state index contributed by atoms with van der Waals surface area (Å²) in [5.74, 6) is -1.50. The first-order chi connectivity index (χ1) is 28.4. The van der Waals surface area contributed by atoms with E-state index in [0.29, 0.717) is 18.8 Å². The molecule has 0 fully saturated rings. The Bertz CT molecular complexity index is 2220. The summed E-state index contributed by atoms with van der Waals surface area (Å²) < 4.78 is 6.13. The van der Waals surface area contributed by atoms with Gasteiger partial charge in [0.1, 0.15) is 5.75 Å². The summed E-state index contributed by atoms with van der Waals surface area (Å²) in [4.78, 5) is 57.7. The molecule has 0 spiro atoms. The van der Waals surface area contributed by atoms with Gasteiger partial charge in [0, 0.05) is 22.3 Å². The monoisotopic (exact) mass is 768 g/mol. The zero-order valence-electron chi connectivity index (χ0n) is 31.8. The summed E-state index contributed by atoms with van der Waals surface area (Å²) in [5.41, 5.74) is 3.83. The molecular weight excluding hydrogens is 725 g/mol. The van der Waals surface area contributed by atoms with Crippen molar-refractivity contribution in [1.29, 1.82) is 0 Å². The highest BCUT2D eigenvalue weighted by Gasteiger charge is 2.32. The lowest BCUT2D eigenvalue weighted by atomic mass is 9.91. The van der Waals surface area contributed by atoms with Crippen LogP contribution in [0.5, 0.6) is 5.75 Å². The number of amides is 4. The number of fused-ring (bicyclic) bond motifs is 4. The van der Waals surface area contributed by atoms with Crippen LogP contribution in [0.15, 0.2) is 176 Å². The van der Waals surface area contributed by atoms with Gasteiger partial charge in [0.2, 0.25) is 0 Å². The topological polar surface area (TPSA) is 126 Å². The number of carbonyl (C=O) groups is 4. The lowest BCUT2D eigenvalue weighted by molar-refractivity contribution is 0.0873. The van der Waals surface area contributed by atoms with Crippen molar-refractivity contribution in [2.75, 3.05) is 6.61 Å². The number of ether oxygens (including phenoxy) is 1. The van der Waals surface area contributed by atoms with E-state index in [4.69, 9.17) is 4.74 Å². The van der Waals surface area contributed by atoms with Crippen LogP contribution >= 0.6 is 0 Å². The van der Waals surface area contributed by atoms with Crippen LogP contribution in [0.1, 0.15) is 101 Å². The fraction of sp³-hybridized carbons (Fsp3) is 0.143. The average molecular weight is 769 g/mol. The minimum absolute atomic E-state index is 0.184. The highest BCUT2D eigenvalue weighted by Crippen LogP contribution is 2.33. The largest absolute Gasteiger partial charge is 0.494 e. The number of unbranched alkanes of at least 4 members (excludes halogenated alkanes) is 1. The van der Waals surface area contributed by atoms with E-state index in [-0.39, 0.29) is 22.3 Å². The molecule has 6 aromatic rings. The number of hydrogen-bond donors (Lipinski definition) is 4. The highest BCUT2D eigenvalue weighted by atomic mass is 16.5. The molecule has 0 saturated heterocycles. The lowest BCUT2D eigenvalue weighted by Crippen LogP contribution is -2.42. The van der Waals surface area contributed by atoms with Crippen LogP contribution in [0.2, 0.25) is 0 Å². The predicted octanol–water partition coefficient (Wildman–Crippen LogP) is 8.63. The van der Waals surface area contributed by atoms with Crippen molar-refractivity contribution in [3.05, 3.63) is 221 Å². The van der Waals surface area contributed by atoms with Crippen molar-refractivity contribution in [3.8, 4) is 5.75 Å². The fourth-order valence-electron chi connectivity index (χ4n) is 7.14. The van der Waals surface area contributed by atoms with E-state index in [1.165, 1.54) is 6.07 Å². The molecule has 4 atom stereocenters. The Labute approximate surface area is 338 Å². The summed E-state index contributed by atoms with van der Waals surface area (Å²) in [6.45, 7) is 4.13. The molecule has 0 saturated carbocycles. The fourth-order valence-corrected chi connectivity index (χ4v) is 7.14. The molecule has 4 bridgehead atoms. The van der Waals surface area contributed by atoms with Crippen molar-refractivity contribution in [2.24, 2.45) is 0 Å². The third-order valence-corrected chi connectivity index (χ3v) is 10.1. The first-order valence-electron chi connectivity index (χ1n) is 19.3. The maximum Gasteiger partial charge on any atom is 0.252 e. The molecule has 4 amide bonds. The van der Waals surface area contributed by atoms with Gasteiger partial charge in [-0.1, -0.05) is 133 Å². The molecule has 0 aliphatic carbocycles. The second kappa shape index (κ2) is 18.6. The van der Waals surface area contributed by atoms with Crippen molar-refractivity contribution in [2.45, 2.75) is 37.0 Å². The second-order valence-corrected chi connectivity index (χ2v) is 14.1. The highest BCUT2D eigenvalue weighted by molar-refractivity contribution is 6.02. The van der Waals surface area contributed by atoms with Crippen LogP contribution in [-0.4, -0.2) is 30.2 Å². The minimum atomic E-state index is -0.769. The van der Waals surface area contributed by atoms with Gasteiger partial charge in [-0.05, 0) is 71.5 Å². The van der Waals surface area contributed by atoms with Crippen LogP contribution in [0.3, 0.4) is 0 Å². The molecule has 58 heavy (non-hydrogen) atoms. The zero-order valence-corrected chi connectivity index (χ0v) is 31.8. The van der Waals surface area contributed by atoms with Gasteiger partial charge in [-0.15, -0.1) is 6.58 Å². The number of hydrogen-bond acceptors (Lipinski definition) is 5. The van der Waals surface area contributed by atoms with Crippen molar-refractivity contribution >= 4 is 23.6 Å². The maximum absolute atomic E-state index is 14.6. The summed E-state index contributed by atoms with van der Waals surface area (Å²) in [7, 11) is 0. The number of rotatable bonds is 9. The predicted molar refractivity (Wildman–Crippen MR) is 224 cm³/mol. The van der Waals surface area contributed by atoms with Crippen LogP contribution in [0, 0.1) is 0 Å². The molecule has 1 aliphatic rings. The van der Waals surface area contributed by atoms with Gasteiger partial charge < -0.3 is 26.0 Å². The average Bonchev–Trinajstić information content (AvgIpc) is 3.28. The Morgan fingerprint density at radius 2 is 0.759 bits per heavy atom. The molecule has 0 aromatic heterocycles. The van der Waals surface area contributed by atoms with Gasteiger partial charge in [0.15, 0.2) is 0 Å². The van der Waals surface area contributed by atoms with E-state index < -0.39 is 47.8 Å². The van der Waals surface area contributed by atoms with Crippen LogP contribution in [0.25, 0.3) is 0 Å². The normalized spacial score (nSPS) is 18.6. The maximum atomic E-state index is 14.6. The van der Waals surface area contributed by atoms with E-state index in [1.807, 2.05) is 121 Å². The number of nitrogens with one attached hydrogen (secondary N) is 4. The van der Waals surface area contributed by atoms with E-state index >= 15 is 0 Å². The second-order valence-electron chi connectivity index (χ2n) is 14.1. The standard InChI is InChI=1S/C49H44N4O5/c1-2-3-16-28-58-41-31-39-30-40(32-41)49(57)53-45(36-24-14-7-15-25-36)43(34-20-10-5-11-21-34)51-47(55)38-27-17-26-37(29-38)46(54)50-42(33-18-8-4-9-19-33)44(52-48(39)56)35-22-12-6-13-23-35/h2,4-15,17-27,29-32,42-45H,1,3,16,28H2,(H,50,54)(H,51,55)(H,52,56)(H,53,57)/t42-,43?,44?,45-/m1/s1. The first-order valence-corrected chi connectivity index (χ1v) is 19.3. The molecule has 9 nitrogen and oxygen atoms in total. The van der Waals surface area contributed by atoms with E-state index in [0.717, 1.165) is 28.7 Å². The molecule has 2 unspecified atom stereocenters. The molecule has 4 N–H and O–H groups in total. The lowest BCUT2D eigenvalue weighted by Gasteiger charge is -2.31. The molecule has 6 aromatic carbocycles. The SMILES string of the molecule is C=CCCCOc1cc2cc(c1)C(=O)N[C@H](c1ccccc1)C(c1ccccc1)NC(=O)c1cccc(c1)C(=O)N[C@H](c1ccccc1)C(c1ccccc1)NC2=O. The van der Waals surface area contributed by atoms with Crippen LogP contribution in [0.4, 0.5) is 0 Å². The molecule has 290 valence electrons. The van der Waals surface area contributed by atoms with E-state index in [1.54, 1.807) is 42.5 Å². The Kier molecular flexibility index (Phi) is 12.5. The zero-order chi connectivity index (χ0) is 40.3. The van der Waals surface area contributed by atoms with Crippen molar-refractivity contribution in [3.63, 3.8) is 0 Å². The Morgan fingerprint density at radius 1 is 0.431 bits per heavy atom. The van der Waals surface area contributed by atoms with Gasteiger partial charge in [-0.3, -0.25) is 19.2 Å². The molecule has 0 radical (unpaired) electrons. The Balaban J connectivity index is 1.39. The summed E-state index contributed by atoms with van der Waals surface area (Å²) in [6.07, 6.45) is 3.22. The quantitative estimate of drug-likeness (QED) is 0.0866. The van der Waals surface area contributed by atoms with Gasteiger partial charge in [0.05, 0.1) is 30.8 Å².